The van der Waals surface area contributed by atoms with E-state index in [9.17, 15) is 4.79 Å². The molecule has 2 nitrogen and oxygen atoms in total. The summed E-state index contributed by atoms with van der Waals surface area (Å²) in [5.74, 6) is -0.447. The predicted molar refractivity (Wildman–Crippen MR) is 73.0 cm³/mol. The Balaban J connectivity index is 2.30. The lowest BCUT2D eigenvalue weighted by atomic mass is 10.2. The zero-order valence-corrected chi connectivity index (χ0v) is 10.5. The molecule has 1 heterocycles. The maximum absolute atomic E-state index is 10.6. The Morgan fingerprint density at radius 3 is 2.71 bits per heavy atom. The maximum Gasteiger partial charge on any atom is 0.241 e. The largest absolute Gasteiger partial charge is 0.366 e. The Bertz CT molecular complexity index is 574. The molecule has 0 aliphatic carbocycles. The number of nitrogens with two attached hydrogens (primary N) is 1. The third-order valence-electron chi connectivity index (χ3n) is 2.18. The van der Waals surface area contributed by atoms with E-state index in [1.165, 1.54) is 6.08 Å². The van der Waals surface area contributed by atoms with Gasteiger partial charge in [-0.05, 0) is 24.3 Å². The van der Waals surface area contributed by atoms with E-state index >= 15 is 0 Å². The third-order valence-corrected chi connectivity index (χ3v) is 3.59. The fourth-order valence-electron chi connectivity index (χ4n) is 1.41. The van der Waals surface area contributed by atoms with Crippen LogP contribution in [-0.4, -0.2) is 5.91 Å². The molecule has 1 aromatic carbocycles. The molecule has 4 heteroatoms. The van der Waals surface area contributed by atoms with Crippen molar-refractivity contribution in [3.05, 3.63) is 52.4 Å². The van der Waals surface area contributed by atoms with Gasteiger partial charge >= 0.3 is 0 Å². The number of primary amides is 1. The fraction of sp³-hybridized carbons (Fsp3) is 0. The lowest BCUT2D eigenvalue weighted by Crippen LogP contribution is -2.04. The molecule has 0 unspecified atom stereocenters. The van der Waals surface area contributed by atoms with E-state index in [1.807, 2.05) is 36.4 Å². The minimum Gasteiger partial charge on any atom is -0.366 e. The molecule has 0 saturated carbocycles. The number of carbonyl (C=O) groups excluding carboxylic acids is 1. The van der Waals surface area contributed by atoms with Crippen molar-refractivity contribution in [2.75, 3.05) is 0 Å². The fourth-order valence-corrected chi connectivity index (χ4v) is 2.66. The van der Waals surface area contributed by atoms with Crippen molar-refractivity contribution in [2.45, 2.75) is 0 Å². The van der Waals surface area contributed by atoms with Gasteiger partial charge < -0.3 is 5.73 Å². The van der Waals surface area contributed by atoms with E-state index in [1.54, 1.807) is 17.4 Å². The quantitative estimate of drug-likeness (QED) is 0.846. The predicted octanol–water partition coefficient (Wildman–Crippen LogP) is 3.57. The molecule has 0 radical (unpaired) electrons. The number of halogens is 1. The molecule has 2 rings (SSSR count). The number of rotatable bonds is 3. The number of benzene rings is 1. The summed E-state index contributed by atoms with van der Waals surface area (Å²) in [7, 11) is 0. The first-order chi connectivity index (χ1) is 8.16. The first kappa shape index (κ1) is 11.9. The highest BCUT2D eigenvalue weighted by atomic mass is 35.5. The monoisotopic (exact) mass is 263 g/mol. The van der Waals surface area contributed by atoms with Gasteiger partial charge in [-0.25, -0.2) is 0 Å². The van der Waals surface area contributed by atoms with Crippen molar-refractivity contribution in [3.63, 3.8) is 0 Å². The molecule has 0 saturated heterocycles. The van der Waals surface area contributed by atoms with Gasteiger partial charge in [0.1, 0.15) is 0 Å². The number of hydrogen-bond donors (Lipinski definition) is 1. The number of hydrogen-bond acceptors (Lipinski definition) is 2. The minimum atomic E-state index is -0.447. The highest BCUT2D eigenvalue weighted by molar-refractivity contribution is 7.16. The van der Waals surface area contributed by atoms with E-state index in [0.717, 1.165) is 20.3 Å². The van der Waals surface area contributed by atoms with Gasteiger partial charge in [-0.3, -0.25) is 4.79 Å². The van der Waals surface area contributed by atoms with Crippen LogP contribution >= 0.6 is 22.9 Å². The van der Waals surface area contributed by atoms with Gasteiger partial charge in [0.05, 0.1) is 0 Å². The van der Waals surface area contributed by atoms with Gasteiger partial charge in [0, 0.05) is 26.4 Å². The molecule has 2 N–H and O–H groups in total. The van der Waals surface area contributed by atoms with Crippen LogP contribution in [0.5, 0.6) is 0 Å². The summed E-state index contributed by atoms with van der Waals surface area (Å²) in [4.78, 5) is 12.7. The lowest BCUT2D eigenvalue weighted by molar-refractivity contribution is -0.113. The molecule has 0 aliphatic heterocycles. The number of amides is 1. The van der Waals surface area contributed by atoms with Crippen molar-refractivity contribution >= 4 is 34.9 Å². The summed E-state index contributed by atoms with van der Waals surface area (Å²) in [6, 6.07) is 11.6. The van der Waals surface area contributed by atoms with Crippen molar-refractivity contribution in [2.24, 2.45) is 5.73 Å². The molecule has 0 spiro atoms. The van der Waals surface area contributed by atoms with Crippen LogP contribution in [0.2, 0.25) is 5.02 Å². The van der Waals surface area contributed by atoms with E-state index in [4.69, 9.17) is 17.3 Å². The average Bonchev–Trinajstić information content (AvgIpc) is 2.75. The number of thiophene rings is 1. The molecule has 17 heavy (non-hydrogen) atoms. The Labute approximate surface area is 108 Å². The van der Waals surface area contributed by atoms with Crippen molar-refractivity contribution in [3.8, 4) is 10.4 Å². The summed E-state index contributed by atoms with van der Waals surface area (Å²) < 4.78 is 0. The summed E-state index contributed by atoms with van der Waals surface area (Å²) in [6.07, 6.45) is 3.05. The molecule has 0 aliphatic rings. The van der Waals surface area contributed by atoms with Gasteiger partial charge in [0.25, 0.3) is 0 Å². The zero-order valence-electron chi connectivity index (χ0n) is 8.89. The minimum absolute atomic E-state index is 0.447. The Kier molecular flexibility index (Phi) is 3.61. The smallest absolute Gasteiger partial charge is 0.241 e. The van der Waals surface area contributed by atoms with Crippen LogP contribution in [0.25, 0.3) is 16.5 Å². The molecule has 1 aromatic heterocycles. The third kappa shape index (κ3) is 2.96. The lowest BCUT2D eigenvalue weighted by Gasteiger charge is -1.99. The standard InChI is InChI=1S/C13H10ClNOS/c14-11-4-2-1-3-10(11)12-7-5-9(17-12)6-8-13(15)16/h1-8H,(H2,15,16)/b8-6-. The summed E-state index contributed by atoms with van der Waals surface area (Å²) >= 11 is 7.67. The Morgan fingerprint density at radius 1 is 1.24 bits per heavy atom. The second kappa shape index (κ2) is 5.17. The van der Waals surface area contributed by atoms with Gasteiger partial charge in [0.15, 0.2) is 0 Å². The molecular formula is C13H10ClNOS. The van der Waals surface area contributed by atoms with Crippen LogP contribution in [0.1, 0.15) is 4.88 Å². The second-order valence-corrected chi connectivity index (χ2v) is 4.94. The highest BCUT2D eigenvalue weighted by Gasteiger charge is 2.04. The molecule has 0 fully saturated rings. The van der Waals surface area contributed by atoms with E-state index in [-0.39, 0.29) is 0 Å². The summed E-state index contributed by atoms with van der Waals surface area (Å²) in [5, 5.41) is 0.722. The first-order valence-corrected chi connectivity index (χ1v) is 6.18. The van der Waals surface area contributed by atoms with Gasteiger partial charge in [-0.15, -0.1) is 11.3 Å². The SMILES string of the molecule is NC(=O)/C=C\c1ccc(-c2ccccc2Cl)s1. The van der Waals surface area contributed by atoms with Crippen molar-refractivity contribution in [1.29, 1.82) is 0 Å². The molecular weight excluding hydrogens is 254 g/mol. The molecule has 0 atom stereocenters. The summed E-state index contributed by atoms with van der Waals surface area (Å²) in [6.45, 7) is 0. The highest BCUT2D eigenvalue weighted by Crippen LogP contribution is 2.33. The maximum atomic E-state index is 10.6. The molecule has 86 valence electrons. The van der Waals surface area contributed by atoms with Crippen LogP contribution in [0.3, 0.4) is 0 Å². The molecule has 2 aromatic rings. The van der Waals surface area contributed by atoms with Gasteiger partial charge in [0.2, 0.25) is 5.91 Å². The first-order valence-electron chi connectivity index (χ1n) is 4.99. The van der Waals surface area contributed by atoms with E-state index in [0.29, 0.717) is 0 Å². The van der Waals surface area contributed by atoms with E-state index in [2.05, 4.69) is 0 Å². The molecule has 1 amide bonds. The van der Waals surface area contributed by atoms with Gasteiger partial charge in [-0.2, -0.15) is 0 Å². The van der Waals surface area contributed by atoms with Crippen LogP contribution in [0, 0.1) is 0 Å². The molecule has 0 bridgehead atoms. The van der Waals surface area contributed by atoms with Crippen LogP contribution in [0.15, 0.2) is 42.5 Å². The average molecular weight is 264 g/mol. The van der Waals surface area contributed by atoms with Crippen molar-refractivity contribution < 1.29 is 4.79 Å². The number of carbonyl (C=O) groups is 1. The van der Waals surface area contributed by atoms with Crippen LogP contribution in [0.4, 0.5) is 0 Å². The van der Waals surface area contributed by atoms with E-state index < -0.39 is 5.91 Å². The Hall–Kier alpha value is -1.58. The van der Waals surface area contributed by atoms with Crippen LogP contribution in [-0.2, 0) is 4.79 Å². The Morgan fingerprint density at radius 2 is 2.00 bits per heavy atom. The second-order valence-electron chi connectivity index (χ2n) is 3.42. The zero-order chi connectivity index (χ0) is 12.3. The normalized spacial score (nSPS) is 10.9. The van der Waals surface area contributed by atoms with Crippen LogP contribution < -0.4 is 5.73 Å². The summed E-state index contributed by atoms with van der Waals surface area (Å²) in [5.41, 5.74) is 6.04. The topological polar surface area (TPSA) is 43.1 Å². The van der Waals surface area contributed by atoms with Gasteiger partial charge in [-0.1, -0.05) is 29.8 Å². The van der Waals surface area contributed by atoms with Crippen molar-refractivity contribution in [1.82, 2.24) is 0 Å².